The number of anilines is 2. The Hall–Kier alpha value is -4.33. The highest BCUT2D eigenvalue weighted by molar-refractivity contribution is 9.16. The molecule has 13 aromatic carbocycles. The van der Waals surface area contributed by atoms with Crippen molar-refractivity contribution in [1.29, 1.82) is 0 Å². The van der Waals surface area contributed by atoms with Gasteiger partial charge in [0.1, 0.15) is 11.0 Å². The summed E-state index contributed by atoms with van der Waals surface area (Å²) < 4.78 is 2.89. The van der Waals surface area contributed by atoms with Crippen molar-refractivity contribution < 1.29 is 9.59 Å². The van der Waals surface area contributed by atoms with Crippen molar-refractivity contribution in [1.82, 2.24) is 9.97 Å². The predicted octanol–water partition coefficient (Wildman–Crippen LogP) is 34.2. The normalized spacial score (nSPS) is 14.1. The van der Waals surface area contributed by atoms with Crippen molar-refractivity contribution in [2.75, 3.05) is 11.5 Å². The topological polar surface area (TPSA) is 112 Å². The van der Waals surface area contributed by atoms with Crippen LogP contribution in [0.1, 0.15) is 128 Å². The number of nitrogens with zero attached hydrogens (tertiary/aromatic N) is 2. The highest BCUT2D eigenvalue weighted by atomic mass is 79.9. The Morgan fingerprint density at radius 2 is 0.567 bits per heavy atom. The van der Waals surface area contributed by atoms with Gasteiger partial charge in [0.15, 0.2) is 4.30 Å². The molecule has 0 aliphatic heterocycles. The second-order valence-corrected chi connectivity index (χ2v) is 77.5. The van der Waals surface area contributed by atoms with Gasteiger partial charge in [-0.15, -0.1) is 76.2 Å². The first kappa shape index (κ1) is 97.2. The molecule has 0 saturated carbocycles. The quantitative estimate of drug-likeness (QED) is 0.0541. The molecule has 16 aromatic rings. The number of ketones is 2. The summed E-state index contributed by atoms with van der Waals surface area (Å²) in [6.07, 6.45) is -0.667. The maximum absolute atomic E-state index is 12.1. The molecule has 6 nitrogen and oxygen atoms in total. The lowest BCUT2D eigenvalue weighted by Crippen LogP contribution is -2.21. The molecule has 6 radical (unpaired) electrons. The lowest BCUT2D eigenvalue weighted by molar-refractivity contribution is 0.0815. The summed E-state index contributed by atoms with van der Waals surface area (Å²) >= 11 is 32.2. The number of Topliss-reactive ketones (excluding diaryl/α,β-unsaturated/α-hetero) is 2. The number of hydrogen-bond donors (Lipinski definition) is 2. The minimum absolute atomic E-state index is 0. The number of halogens is 7. The maximum atomic E-state index is 12.1. The Morgan fingerprint density at radius 3 is 0.843 bits per heavy atom. The van der Waals surface area contributed by atoms with Crippen molar-refractivity contribution >= 4 is 299 Å². The molecule has 632 valence electrons. The smallest absolute Gasteiger partial charge is 0.234 e. The van der Waals surface area contributed by atoms with Gasteiger partial charge in [-0.25, -0.2) is 9.97 Å². The third kappa shape index (κ3) is 17.9. The first-order valence-corrected chi connectivity index (χ1v) is 63.3. The van der Waals surface area contributed by atoms with Crippen LogP contribution in [0.15, 0.2) is 261 Å². The molecule has 0 saturated heterocycles. The summed E-state index contributed by atoms with van der Waals surface area (Å²) in [5.41, 5.74) is 47.0. The molecule has 21 rings (SSSR count). The first-order valence-electron chi connectivity index (χ1n) is 40.0. The van der Waals surface area contributed by atoms with E-state index in [0.717, 1.165) is 81.4 Å². The first-order chi connectivity index (χ1) is 59.9. The van der Waals surface area contributed by atoms with Crippen LogP contribution in [0.4, 0.5) is 11.4 Å². The van der Waals surface area contributed by atoms with Gasteiger partial charge in [0.25, 0.3) is 0 Å². The molecular weight excluding hydrogens is 2110 g/mol. The zero-order valence-electron chi connectivity index (χ0n) is 69.6. The van der Waals surface area contributed by atoms with Crippen LogP contribution in [0.25, 0.3) is 141 Å². The van der Waals surface area contributed by atoms with Crippen LogP contribution in [-0.4, -0.2) is 55.4 Å². The van der Waals surface area contributed by atoms with E-state index >= 15 is 0 Å². The Bertz CT molecular complexity index is 6740. The molecule has 0 amide bonds. The summed E-state index contributed by atoms with van der Waals surface area (Å²) in [6.45, 7) is 19.3. The number of hydrogen-bond acceptors (Lipinski definition) is 8. The van der Waals surface area contributed by atoms with E-state index in [0.29, 0.717) is 22.5 Å². The van der Waals surface area contributed by atoms with Crippen LogP contribution >= 0.6 is 203 Å². The maximum Gasteiger partial charge on any atom is 0.234 e. The van der Waals surface area contributed by atoms with E-state index in [-0.39, 0.29) is 57.0 Å². The van der Waals surface area contributed by atoms with Crippen molar-refractivity contribution in [3.8, 4) is 97.4 Å². The Balaban J connectivity index is 0.000000144. The molecule has 29 heteroatoms. The van der Waals surface area contributed by atoms with Crippen molar-refractivity contribution in [2.45, 2.75) is 88.8 Å². The molecule has 3 heterocycles. The lowest BCUT2D eigenvalue weighted by Gasteiger charge is -2.27. The van der Waals surface area contributed by atoms with Gasteiger partial charge in [-0.2, -0.15) is 0 Å². The predicted molar refractivity (Wildman–Crippen MR) is 603 cm³/mol. The van der Waals surface area contributed by atoms with E-state index < -0.39 is 22.2 Å². The van der Waals surface area contributed by atoms with E-state index in [1.54, 1.807) is 23.5 Å². The van der Waals surface area contributed by atoms with Gasteiger partial charge in [-0.1, -0.05) is 355 Å². The van der Waals surface area contributed by atoms with Gasteiger partial charge in [-0.3, -0.25) is 9.59 Å². The molecule has 0 fully saturated rings. The highest BCUT2D eigenvalue weighted by Crippen LogP contribution is 3.10. The number of nitrogen functional groups attached to an aromatic ring is 2. The molecule has 4 N–H and O–H groups in total. The van der Waals surface area contributed by atoms with E-state index in [4.69, 9.17) is 56.2 Å². The molecule has 5 aliphatic rings. The number of fused-ring (bicyclic) bond motifs is 22. The number of aromatic nitrogens is 2. The minimum atomic E-state index is -0.750. The molecule has 6 unspecified atom stereocenters. The zero-order valence-corrected chi connectivity index (χ0v) is 90.3. The summed E-state index contributed by atoms with van der Waals surface area (Å²) in [5.74, 6) is -0.895. The average Bonchev–Trinajstić information content (AvgIpc) is 1.67. The van der Waals surface area contributed by atoms with Crippen LogP contribution in [0, 0.1) is 0 Å². The molecule has 127 heavy (non-hydrogen) atoms. The molecular formula is C98H85B4Br4Cl3N4O2P10S2. The number of rotatable bonds is 7. The second kappa shape index (κ2) is 38.8. The zero-order chi connectivity index (χ0) is 90.0. The summed E-state index contributed by atoms with van der Waals surface area (Å²) in [7, 11) is 31.7. The third-order valence-electron chi connectivity index (χ3n) is 24.3. The van der Waals surface area contributed by atoms with E-state index in [9.17, 15) is 9.59 Å². The number of thiophene rings is 2. The Labute approximate surface area is 823 Å². The number of nitrogens with two attached hydrogens (primary N) is 2. The van der Waals surface area contributed by atoms with Gasteiger partial charge in [0.05, 0.1) is 41.9 Å². The lowest BCUT2D eigenvalue weighted by atomic mass is 9.08. The second-order valence-electron chi connectivity index (χ2n) is 33.2. The minimum Gasteiger partial charge on any atom is -0.396 e. The van der Waals surface area contributed by atoms with Crippen LogP contribution in [0.2, 0.25) is 0 Å². The van der Waals surface area contributed by atoms with Gasteiger partial charge < -0.3 is 11.5 Å². The van der Waals surface area contributed by atoms with Gasteiger partial charge in [-0.05, 0) is 187 Å². The van der Waals surface area contributed by atoms with Crippen LogP contribution in [0.3, 0.4) is 0 Å². The summed E-state index contributed by atoms with van der Waals surface area (Å²) in [4.78, 5) is 40.0. The number of carbonyl (C=O) groups excluding carboxylic acids is 2. The van der Waals surface area contributed by atoms with Crippen molar-refractivity contribution in [3.63, 3.8) is 0 Å². The van der Waals surface area contributed by atoms with Crippen LogP contribution in [-0.2, 0) is 21.7 Å². The van der Waals surface area contributed by atoms with E-state index in [1.807, 2.05) is 35.6 Å². The van der Waals surface area contributed by atoms with E-state index in [1.165, 1.54) is 122 Å². The highest BCUT2D eigenvalue weighted by Gasteiger charge is 2.43. The largest absolute Gasteiger partial charge is 0.396 e. The van der Waals surface area contributed by atoms with Crippen LogP contribution < -0.4 is 11.5 Å². The number of alkyl halides is 3. The average molecular weight is 2190 g/mol. The Kier molecular flexibility index (Phi) is 29.7. The SMILES string of the molecule is C.CC1(C)c2ccccc2-c2c(-c3sc(-c4cccc5c4-c4ccccc4C5(C)C)c(N)c3N)cccc21.CC1(C)c2ccccc2-c2c(-c3sc(-c4cccc5c4-c4ccccc4C5(C)C)c4nc5c6cc(Br)ccc6c6ccc(Br)cc6c5nc34)cccc21.ClC(Cl)Cl.O=C1C(=O)c2cc(Br)ccc2-c2ccc(Br)cc21.PP(P)P(P(P)P)P(P)P.[B]B([B])[B]. The van der Waals surface area contributed by atoms with Gasteiger partial charge in [0.2, 0.25) is 11.6 Å². The Morgan fingerprint density at radius 1 is 0.331 bits per heavy atom. The fourth-order valence-electron chi connectivity index (χ4n) is 18.7. The van der Waals surface area contributed by atoms with Crippen LogP contribution in [0.5, 0.6) is 0 Å². The standard InChI is InChI=1S/C48H32Br2N2S.C34H30N2S.C14H6Br2O2.CHCl3.CH4.B4.H12P10/c1-47(2)35-15-7-5-11-29(35)39-31(13-9-17-37(39)47)45-43-44(46(53-45)32-14-10-18-38-40(32)30-12-6-8-16-36(30)48(38,3)4)52-42-34-24-26(50)20-22-28(34)27-21-19-25(49)23-33(27)41(42)51-43;1-33(2)23-15-7-5-11-19(23)27-21(13-9-17-25(27)33)31-29(35)30(36)32(37-31)22-14-10-18-26-28(22)20-12-6-8-16-24(20)34(26,3)4;15-7-1-3-9-10-4-2-8(16)6-12(10)14(18)13(17)11(9)5-7;2-1(3)4;;1-4(2)3;1-7(2)10(8(3)4)9(5)6/h5-24H,1-4H3;5-18H,35-36H2,1-4H3;1-6H;1H;1H4;;1-6H2. The fourth-order valence-corrected chi connectivity index (χ4v) is 109. The van der Waals surface area contributed by atoms with E-state index in [2.05, 4.69) is 402 Å². The third-order valence-corrected chi connectivity index (χ3v) is 78.3. The van der Waals surface area contributed by atoms with Gasteiger partial charge >= 0.3 is 0 Å². The van der Waals surface area contributed by atoms with Crippen molar-refractivity contribution in [3.05, 3.63) is 316 Å². The molecule has 5 aliphatic carbocycles. The fraction of sp³-hybridized carbons (Fsp3) is 0.143. The molecule has 0 spiro atoms. The summed E-state index contributed by atoms with van der Waals surface area (Å²) in [6, 6.07) is 86.2. The molecule has 3 aromatic heterocycles. The molecule has 0 bridgehead atoms. The summed E-state index contributed by atoms with van der Waals surface area (Å²) in [5, 5.41) is 4.53. The van der Waals surface area contributed by atoms with Crippen molar-refractivity contribution in [2.24, 2.45) is 0 Å². The monoisotopic (exact) mass is 2190 g/mol. The number of carbonyl (C=O) groups is 2. The molecule has 6 atom stereocenters. The number of benzene rings is 13. The van der Waals surface area contributed by atoms with Gasteiger partial charge in [0, 0.05) is 113 Å².